The second-order valence-electron chi connectivity index (χ2n) is 4.80. The fourth-order valence-corrected chi connectivity index (χ4v) is 1.62. The van der Waals surface area contributed by atoms with Crippen molar-refractivity contribution in [3.8, 4) is 0 Å². The standard InChI is InChI=1S/C13H24N2O5/c1-4-5-7-14(3)11(16)9-15(8-6-12(17)18)10(2)13(19)20/h10H,4-9H2,1-3H3,(H,17,18)(H,19,20). The molecular formula is C13H24N2O5. The van der Waals surface area contributed by atoms with E-state index in [0.29, 0.717) is 6.54 Å². The van der Waals surface area contributed by atoms with Crippen LogP contribution in [0.1, 0.15) is 33.1 Å². The van der Waals surface area contributed by atoms with E-state index in [2.05, 4.69) is 0 Å². The Morgan fingerprint density at radius 3 is 2.20 bits per heavy atom. The first-order valence-corrected chi connectivity index (χ1v) is 6.72. The van der Waals surface area contributed by atoms with Crippen molar-refractivity contribution in [1.82, 2.24) is 9.80 Å². The summed E-state index contributed by atoms with van der Waals surface area (Å²) in [7, 11) is 1.67. The van der Waals surface area contributed by atoms with E-state index in [1.165, 1.54) is 11.8 Å². The summed E-state index contributed by atoms with van der Waals surface area (Å²) in [6.45, 7) is 4.04. The molecule has 0 aliphatic rings. The summed E-state index contributed by atoms with van der Waals surface area (Å²) in [5.74, 6) is -2.28. The van der Waals surface area contributed by atoms with E-state index in [9.17, 15) is 14.4 Å². The Hall–Kier alpha value is -1.63. The number of aliphatic carboxylic acids is 2. The Morgan fingerprint density at radius 1 is 1.15 bits per heavy atom. The van der Waals surface area contributed by atoms with Crippen LogP contribution >= 0.6 is 0 Å². The minimum atomic E-state index is -1.07. The van der Waals surface area contributed by atoms with Crippen molar-refractivity contribution in [1.29, 1.82) is 0 Å². The number of rotatable bonds is 10. The lowest BCUT2D eigenvalue weighted by molar-refractivity contribution is -0.146. The highest BCUT2D eigenvalue weighted by atomic mass is 16.4. The Bertz CT molecular complexity index is 346. The summed E-state index contributed by atoms with van der Waals surface area (Å²) in [4.78, 5) is 36.5. The van der Waals surface area contributed by atoms with Gasteiger partial charge in [0.2, 0.25) is 5.91 Å². The summed E-state index contributed by atoms with van der Waals surface area (Å²) in [6.07, 6.45) is 1.65. The third-order valence-corrected chi connectivity index (χ3v) is 3.13. The van der Waals surface area contributed by atoms with Gasteiger partial charge in [0, 0.05) is 20.1 Å². The molecule has 0 rings (SSSR count). The predicted molar refractivity (Wildman–Crippen MR) is 73.5 cm³/mol. The number of hydrogen-bond acceptors (Lipinski definition) is 4. The molecule has 20 heavy (non-hydrogen) atoms. The lowest BCUT2D eigenvalue weighted by Crippen LogP contribution is -2.46. The first-order chi connectivity index (χ1) is 9.29. The summed E-state index contributed by atoms with van der Waals surface area (Å²) < 4.78 is 0. The summed E-state index contributed by atoms with van der Waals surface area (Å²) in [5.41, 5.74) is 0. The zero-order valence-corrected chi connectivity index (χ0v) is 12.3. The molecule has 0 heterocycles. The van der Waals surface area contributed by atoms with E-state index >= 15 is 0 Å². The molecule has 0 aromatic heterocycles. The van der Waals surface area contributed by atoms with Gasteiger partial charge in [-0.3, -0.25) is 19.3 Å². The minimum absolute atomic E-state index is 0.0379. The number of carboxylic acids is 2. The second kappa shape index (κ2) is 9.30. The highest BCUT2D eigenvalue weighted by Gasteiger charge is 2.24. The monoisotopic (exact) mass is 288 g/mol. The number of hydrogen-bond donors (Lipinski definition) is 2. The van der Waals surface area contributed by atoms with Crippen molar-refractivity contribution in [2.45, 2.75) is 39.2 Å². The highest BCUT2D eigenvalue weighted by molar-refractivity contribution is 5.80. The van der Waals surface area contributed by atoms with Gasteiger partial charge in [0.1, 0.15) is 6.04 Å². The van der Waals surface area contributed by atoms with Crippen molar-refractivity contribution in [3.05, 3.63) is 0 Å². The van der Waals surface area contributed by atoms with Gasteiger partial charge < -0.3 is 15.1 Å². The van der Waals surface area contributed by atoms with E-state index < -0.39 is 18.0 Å². The van der Waals surface area contributed by atoms with Crippen LogP contribution in [0.3, 0.4) is 0 Å². The molecule has 116 valence electrons. The largest absolute Gasteiger partial charge is 0.481 e. The molecule has 1 unspecified atom stereocenters. The lowest BCUT2D eigenvalue weighted by atomic mass is 10.2. The third-order valence-electron chi connectivity index (χ3n) is 3.13. The Kier molecular flexibility index (Phi) is 8.54. The van der Waals surface area contributed by atoms with Gasteiger partial charge >= 0.3 is 11.9 Å². The maximum atomic E-state index is 12.0. The summed E-state index contributed by atoms with van der Waals surface area (Å²) in [6, 6.07) is -0.891. The lowest BCUT2D eigenvalue weighted by Gasteiger charge is -2.27. The van der Waals surface area contributed by atoms with Gasteiger partial charge in [0.05, 0.1) is 13.0 Å². The molecule has 1 amide bonds. The fraction of sp³-hybridized carbons (Fsp3) is 0.769. The van der Waals surface area contributed by atoms with E-state index in [1.807, 2.05) is 6.92 Å². The molecule has 0 bridgehead atoms. The molecule has 0 fully saturated rings. The average molecular weight is 288 g/mol. The van der Waals surface area contributed by atoms with Crippen molar-refractivity contribution in [2.75, 3.05) is 26.7 Å². The van der Waals surface area contributed by atoms with Gasteiger partial charge in [-0.05, 0) is 13.3 Å². The molecule has 1 atom stereocenters. The van der Waals surface area contributed by atoms with Gasteiger partial charge in [0.25, 0.3) is 0 Å². The topological polar surface area (TPSA) is 98.2 Å². The van der Waals surface area contributed by atoms with Gasteiger partial charge in [-0.1, -0.05) is 13.3 Å². The van der Waals surface area contributed by atoms with Crippen LogP contribution in [0.15, 0.2) is 0 Å². The predicted octanol–water partition coefficient (Wildman–Crippen LogP) is 0.495. The number of unbranched alkanes of at least 4 members (excludes halogenated alkanes) is 1. The van der Waals surface area contributed by atoms with Crippen LogP contribution in [0.5, 0.6) is 0 Å². The van der Waals surface area contributed by atoms with Crippen LogP contribution in [0.4, 0.5) is 0 Å². The van der Waals surface area contributed by atoms with Gasteiger partial charge in [0.15, 0.2) is 0 Å². The molecule has 0 saturated heterocycles. The Labute approximate surface area is 119 Å². The van der Waals surface area contributed by atoms with Crippen LogP contribution in [-0.2, 0) is 14.4 Å². The molecular weight excluding hydrogens is 264 g/mol. The van der Waals surface area contributed by atoms with Crippen molar-refractivity contribution < 1.29 is 24.6 Å². The summed E-state index contributed by atoms with van der Waals surface area (Å²) in [5, 5.41) is 17.7. The van der Waals surface area contributed by atoms with Gasteiger partial charge in [-0.2, -0.15) is 0 Å². The zero-order valence-electron chi connectivity index (χ0n) is 12.3. The van der Waals surface area contributed by atoms with E-state index in [1.54, 1.807) is 11.9 Å². The number of carbonyl (C=O) groups is 3. The number of carbonyl (C=O) groups excluding carboxylic acids is 1. The zero-order chi connectivity index (χ0) is 15.7. The maximum Gasteiger partial charge on any atom is 0.320 e. The Balaban J connectivity index is 4.57. The molecule has 2 N–H and O–H groups in total. The Morgan fingerprint density at radius 2 is 1.75 bits per heavy atom. The van der Waals surface area contributed by atoms with Crippen LogP contribution in [0, 0.1) is 0 Å². The first-order valence-electron chi connectivity index (χ1n) is 6.72. The van der Waals surface area contributed by atoms with Gasteiger partial charge in [-0.25, -0.2) is 0 Å². The quantitative estimate of drug-likeness (QED) is 0.607. The van der Waals surface area contributed by atoms with Crippen molar-refractivity contribution in [3.63, 3.8) is 0 Å². The molecule has 0 radical (unpaired) electrons. The normalized spacial score (nSPS) is 12.2. The first kappa shape index (κ1) is 18.4. The molecule has 7 heteroatoms. The van der Waals surface area contributed by atoms with Crippen LogP contribution < -0.4 is 0 Å². The van der Waals surface area contributed by atoms with E-state index in [-0.39, 0.29) is 25.4 Å². The minimum Gasteiger partial charge on any atom is -0.481 e. The van der Waals surface area contributed by atoms with Gasteiger partial charge in [-0.15, -0.1) is 0 Å². The maximum absolute atomic E-state index is 12.0. The number of nitrogens with zero attached hydrogens (tertiary/aromatic N) is 2. The molecule has 0 aromatic carbocycles. The molecule has 0 aromatic rings. The van der Waals surface area contributed by atoms with Crippen molar-refractivity contribution in [2.24, 2.45) is 0 Å². The molecule has 0 saturated carbocycles. The number of likely N-dealkylation sites (N-methyl/N-ethyl adjacent to an activating group) is 1. The van der Waals surface area contributed by atoms with E-state index in [4.69, 9.17) is 10.2 Å². The molecule has 0 aliphatic carbocycles. The average Bonchev–Trinajstić information content (AvgIpc) is 2.39. The van der Waals surface area contributed by atoms with E-state index in [0.717, 1.165) is 12.8 Å². The number of amides is 1. The smallest absolute Gasteiger partial charge is 0.320 e. The molecule has 0 aliphatic heterocycles. The van der Waals surface area contributed by atoms with Crippen molar-refractivity contribution >= 4 is 17.8 Å². The highest BCUT2D eigenvalue weighted by Crippen LogP contribution is 2.03. The SMILES string of the molecule is CCCCN(C)C(=O)CN(CCC(=O)O)C(C)C(=O)O. The molecule has 7 nitrogen and oxygen atoms in total. The second-order valence-corrected chi connectivity index (χ2v) is 4.80. The van der Waals surface area contributed by atoms with Crippen LogP contribution in [-0.4, -0.2) is 70.6 Å². The third kappa shape index (κ3) is 7.08. The summed E-state index contributed by atoms with van der Waals surface area (Å²) >= 11 is 0. The molecule has 0 spiro atoms. The van der Waals surface area contributed by atoms with Crippen LogP contribution in [0.2, 0.25) is 0 Å². The van der Waals surface area contributed by atoms with Crippen LogP contribution in [0.25, 0.3) is 0 Å². The number of carboxylic acid groups (broad SMARTS) is 2. The fourth-order valence-electron chi connectivity index (χ4n) is 1.62.